The van der Waals surface area contributed by atoms with Crippen molar-refractivity contribution in [3.05, 3.63) is 91.3 Å². The van der Waals surface area contributed by atoms with E-state index in [1.165, 1.54) is 56.4 Å². The summed E-state index contributed by atoms with van der Waals surface area (Å²) >= 11 is 0. The number of nitrogens with one attached hydrogen (secondary N) is 12. The van der Waals surface area contributed by atoms with Gasteiger partial charge in [-0.1, -0.05) is 25.4 Å². The van der Waals surface area contributed by atoms with E-state index in [1.807, 2.05) is 0 Å². The van der Waals surface area contributed by atoms with Crippen LogP contribution >= 0.6 is 0 Å². The number of hydrazone groups is 4. The molecule has 47 heteroatoms. The Labute approximate surface area is 578 Å². The average Bonchev–Trinajstić information content (AvgIpc) is 3.16. The van der Waals surface area contributed by atoms with E-state index < -0.39 is 0 Å². The zero-order valence-corrected chi connectivity index (χ0v) is 62.5. The van der Waals surface area contributed by atoms with Crippen molar-refractivity contribution >= 4 is 50.7 Å². The Kier molecular flexibility index (Phi) is 1620. The minimum Gasteiger partial charge on any atom is -1.00 e. The fraction of sp³-hybridized carbons (Fsp3) is 0.500. The summed E-state index contributed by atoms with van der Waals surface area (Å²) < 4.78 is 0. The van der Waals surface area contributed by atoms with E-state index in [9.17, 15) is 0 Å². The molecule has 0 aromatic carbocycles. The minimum atomic E-state index is 0. The van der Waals surface area contributed by atoms with Crippen LogP contribution in [-0.4, -0.2) is 240 Å². The molecular formula is C32H88Br5N24O14Pt4-3. The second-order valence-corrected chi connectivity index (χ2v) is 5.63. The molecule has 0 aliphatic rings. The third-order valence-electron chi connectivity index (χ3n) is 1.62. The molecule has 0 amide bonds. The van der Waals surface area contributed by atoms with Crippen LogP contribution in [0.15, 0.2) is 20.4 Å². The van der Waals surface area contributed by atoms with E-state index in [0.29, 0.717) is 0 Å². The molecule has 0 aromatic rings. The van der Waals surface area contributed by atoms with E-state index >= 15 is 0 Å². The van der Waals surface area contributed by atoms with Gasteiger partial charge >= 0.3 is 63.2 Å². The summed E-state index contributed by atoms with van der Waals surface area (Å²) in [6.45, 7) is 46.7. The van der Waals surface area contributed by atoms with Gasteiger partial charge in [0.25, 0.3) is 0 Å². The molecule has 0 aliphatic carbocycles. The summed E-state index contributed by atoms with van der Waals surface area (Å²) in [7, 11) is 25.1. The fourth-order valence-corrected chi connectivity index (χ4v) is 0.671. The van der Waals surface area contributed by atoms with Crippen molar-refractivity contribution in [2.24, 2.45) is 20.4 Å². The van der Waals surface area contributed by atoms with Crippen molar-refractivity contribution in [2.45, 2.75) is 0 Å². The third kappa shape index (κ3) is 1470. The van der Waals surface area contributed by atoms with Crippen LogP contribution in [0.5, 0.6) is 0 Å². The van der Waals surface area contributed by atoms with Crippen LogP contribution < -0.4 is 148 Å². The van der Waals surface area contributed by atoms with Crippen molar-refractivity contribution in [2.75, 3.05) is 113 Å². The molecule has 0 radical (unpaired) electrons. The monoisotopic (exact) mass is 2210 g/mol. The molecule has 0 unspecified atom stereocenters. The number of nitrogens with zero attached hydrogens (tertiary/aromatic N) is 12. The predicted molar refractivity (Wildman–Crippen MR) is 277 cm³/mol. The van der Waals surface area contributed by atoms with Crippen LogP contribution in [0.25, 0.3) is 38.8 Å². The first-order valence-electron chi connectivity index (χ1n) is 14.2. The number of hydrogen-bond acceptors (Lipinski definition) is 4. The first-order chi connectivity index (χ1) is 27.0. The zero-order chi connectivity index (χ0) is 46.6. The number of rotatable bonds is 12. The summed E-state index contributed by atoms with van der Waals surface area (Å²) in [4.78, 5) is 22.0. The van der Waals surface area contributed by atoms with Crippen molar-refractivity contribution < 1.29 is 266 Å². The fourth-order valence-electron chi connectivity index (χ4n) is 0.671. The Morgan fingerprint density at radius 2 is 0.329 bits per heavy atom. The van der Waals surface area contributed by atoms with Gasteiger partial charge in [0.05, 0.1) is 0 Å². The summed E-state index contributed by atoms with van der Waals surface area (Å²) in [5.74, 6) is 0. The maximum Gasteiger partial charge on any atom is 2.00 e. The molecule has 0 saturated heterocycles. The quantitative estimate of drug-likeness (QED) is 0.0292. The van der Waals surface area contributed by atoms with E-state index in [-0.39, 0.29) is 246 Å². The van der Waals surface area contributed by atoms with Crippen LogP contribution in [0.4, 0.5) is 0 Å². The third-order valence-corrected chi connectivity index (χ3v) is 1.62. The Morgan fingerprint density at radius 1 is 0.253 bits per heavy atom. The Morgan fingerprint density at radius 3 is 0.380 bits per heavy atom. The molecule has 0 aromatic heterocycles. The van der Waals surface area contributed by atoms with E-state index in [0.717, 1.165) is 0 Å². The molecule has 38 nitrogen and oxygen atoms in total. The van der Waals surface area contributed by atoms with Gasteiger partial charge in [-0.2, -0.15) is 0 Å². The van der Waals surface area contributed by atoms with Gasteiger partial charge in [0.15, 0.2) is 0 Å². The maximum atomic E-state index is 5.83. The first kappa shape index (κ1) is 256. The summed E-state index contributed by atoms with van der Waals surface area (Å²) in [5, 5.41) is 44.4. The topological polar surface area (TPSA) is 677 Å². The van der Waals surface area contributed by atoms with Gasteiger partial charge in [0.1, 0.15) is 0 Å². The molecular weight excluding hydrogens is 2120 g/mol. The van der Waals surface area contributed by atoms with Crippen molar-refractivity contribution in [1.29, 1.82) is 0 Å². The van der Waals surface area contributed by atoms with Gasteiger partial charge in [0, 0.05) is 49.3 Å². The Balaban J connectivity index is -0.00000000807. The zero-order valence-electron chi connectivity index (χ0n) is 45.5. The molecule has 79 heavy (non-hydrogen) atoms. The van der Waals surface area contributed by atoms with Crippen molar-refractivity contribution in [3.8, 4) is 0 Å². The summed E-state index contributed by atoms with van der Waals surface area (Å²) in [6.07, 6.45) is 19.8. The van der Waals surface area contributed by atoms with Gasteiger partial charge in [-0.3, -0.25) is 25.4 Å². The molecule has 0 bridgehead atoms. The maximum absolute atomic E-state index is 5.83. The van der Waals surface area contributed by atoms with Gasteiger partial charge in [-0.15, -0.1) is 0 Å². The van der Waals surface area contributed by atoms with E-state index in [1.54, 1.807) is 56.4 Å². The number of halogens is 5. The smallest absolute Gasteiger partial charge is 1.00 e. The number of hydrogen-bond donors (Lipinski definition) is 12. The molecule has 0 spiro atoms. The average molecular weight is 2210 g/mol. The second-order valence-electron chi connectivity index (χ2n) is 5.63. The molecule has 0 fully saturated rings. The van der Waals surface area contributed by atoms with E-state index in [4.69, 9.17) is 52.6 Å². The molecule has 0 aliphatic heterocycles. The Bertz CT molecular complexity index is 1020. The van der Waals surface area contributed by atoms with Gasteiger partial charge < -0.3 is 284 Å². The minimum absolute atomic E-state index is 0. The molecule has 0 saturated carbocycles. The van der Waals surface area contributed by atoms with Crippen LogP contribution in [0, 0.1) is 52.6 Å². The van der Waals surface area contributed by atoms with Gasteiger partial charge in [0.2, 0.25) is 56.4 Å². The van der Waals surface area contributed by atoms with Crippen molar-refractivity contribution in [1.82, 2.24) is 42.5 Å². The SMILES string of the molecule is CN[C-]=N[NH+]=[C-]NC.CN[C-]=N[NH+]=[C-]NC.CN[C-]=N[NH+]=[C-]NC.CN[C-]=N[NH+]=[C-]NC.O.O.O.O.O.O.O.O.O.O.O.O.O.O.[Br-].[Br-].[Br-].[Br-].[Br-].[C-]#[N+]C.[C-]#[N+]C.[C-]#[N+]C.[C-]#[N+]C.[C-]#[N+]C.[C-]#[N+]C.[C-]#[N+]C.[C-]#[N+]C.[Pt+2].[Pt+2].[Pt+2].[Pt]. The van der Waals surface area contributed by atoms with Crippen LogP contribution in [0.1, 0.15) is 0 Å². The van der Waals surface area contributed by atoms with E-state index in [2.05, 4.69) is 173 Å². The largest absolute Gasteiger partial charge is 2.00 e. The Hall–Kier alpha value is -3.73. The summed E-state index contributed by atoms with van der Waals surface area (Å²) in [5.41, 5.74) is 0. The summed E-state index contributed by atoms with van der Waals surface area (Å²) in [6, 6.07) is 0. The predicted octanol–water partition coefficient (Wildman–Crippen LogP) is -33.3. The van der Waals surface area contributed by atoms with Crippen LogP contribution in [-0.2, 0) is 84.3 Å². The van der Waals surface area contributed by atoms with Gasteiger partial charge in [-0.25, -0.2) is 52.6 Å². The van der Waals surface area contributed by atoms with Gasteiger partial charge in [-0.05, 0) is 28.2 Å². The second kappa shape index (κ2) is 499. The van der Waals surface area contributed by atoms with Crippen LogP contribution in [0.3, 0.4) is 0 Å². The molecule has 0 heterocycles. The standard InChI is InChI=1S/4C4H9N4.8C2H3N.5BrH.14H2O.4Pt/c4*1-5-3-7-8-4-6-2;8*1-3-2;;;;;;;;;;;;;;;;;;;;;;;/h4*5,7H,1-2H3,(H,6,8);8*1H3;5*1H;14*1H2;;;;/q4*-1;;;;;;;;;;;;;;;;;;;;;;;;;;;;;3*+2/p-5. The molecule has 0 atom stereocenters. The normalized spacial score (nSPS) is 5.16. The first-order valence-corrected chi connectivity index (χ1v) is 14.2. The molecule has 40 N–H and O–H groups in total. The molecule has 498 valence electrons. The van der Waals surface area contributed by atoms with Crippen molar-refractivity contribution in [3.63, 3.8) is 0 Å². The van der Waals surface area contributed by atoms with Crippen LogP contribution in [0.2, 0.25) is 0 Å². The molecule has 0 rings (SSSR count).